The molecule has 0 spiro atoms. The van der Waals surface area contributed by atoms with Crippen LogP contribution in [0.3, 0.4) is 0 Å². The van der Waals surface area contributed by atoms with Gasteiger partial charge in [0.15, 0.2) is 0 Å². The van der Waals surface area contributed by atoms with E-state index < -0.39 is 0 Å². The van der Waals surface area contributed by atoms with Crippen LogP contribution in [-0.2, 0) is 6.61 Å². The average molecular weight is 258 g/mol. The Bertz CT molecular complexity index is 597. The van der Waals surface area contributed by atoms with E-state index in [2.05, 4.69) is 10.2 Å². The summed E-state index contributed by atoms with van der Waals surface area (Å²) >= 11 is 0. The van der Waals surface area contributed by atoms with Crippen molar-refractivity contribution in [3.63, 3.8) is 0 Å². The standard InChI is InChI=1S/C14H14N2O3/c1-19-14-5-3-2-4-12(14)16-15-11-6-7-13(18)10(8-11)9-17/h2-8,17-18H,9H2,1H3. The Morgan fingerprint density at radius 1 is 1.11 bits per heavy atom. The van der Waals surface area contributed by atoms with Crippen molar-refractivity contribution in [2.45, 2.75) is 6.61 Å². The molecule has 0 bridgehead atoms. The lowest BCUT2D eigenvalue weighted by molar-refractivity contribution is 0.275. The molecule has 19 heavy (non-hydrogen) atoms. The van der Waals surface area contributed by atoms with Gasteiger partial charge in [-0.25, -0.2) is 0 Å². The van der Waals surface area contributed by atoms with Crippen LogP contribution in [0.15, 0.2) is 52.7 Å². The SMILES string of the molecule is COc1ccccc1N=Nc1ccc(O)c(CO)c1. The van der Waals surface area contributed by atoms with Crippen LogP contribution in [0.2, 0.25) is 0 Å². The molecule has 0 unspecified atom stereocenters. The number of benzene rings is 2. The van der Waals surface area contributed by atoms with Gasteiger partial charge in [0.2, 0.25) is 0 Å². The first-order chi connectivity index (χ1) is 9.24. The minimum atomic E-state index is -0.246. The third-order valence-corrected chi connectivity index (χ3v) is 2.59. The summed E-state index contributed by atoms with van der Waals surface area (Å²) in [5.74, 6) is 0.672. The second-order valence-electron chi connectivity index (χ2n) is 3.84. The fourth-order valence-electron chi connectivity index (χ4n) is 1.58. The van der Waals surface area contributed by atoms with Crippen molar-refractivity contribution in [1.82, 2.24) is 0 Å². The smallest absolute Gasteiger partial charge is 0.146 e. The van der Waals surface area contributed by atoms with E-state index in [4.69, 9.17) is 9.84 Å². The maximum absolute atomic E-state index is 9.45. The number of ether oxygens (including phenoxy) is 1. The maximum Gasteiger partial charge on any atom is 0.146 e. The quantitative estimate of drug-likeness (QED) is 0.826. The molecular weight excluding hydrogens is 244 g/mol. The molecule has 2 rings (SSSR count). The molecule has 5 heteroatoms. The fraction of sp³-hybridized carbons (Fsp3) is 0.143. The highest BCUT2D eigenvalue weighted by Crippen LogP contribution is 2.29. The summed E-state index contributed by atoms with van der Waals surface area (Å²) in [5.41, 5.74) is 1.58. The van der Waals surface area contributed by atoms with Crippen molar-refractivity contribution < 1.29 is 14.9 Å². The van der Waals surface area contributed by atoms with Gasteiger partial charge in [-0.2, -0.15) is 5.11 Å². The van der Waals surface area contributed by atoms with Crippen LogP contribution in [0.5, 0.6) is 11.5 Å². The number of aromatic hydroxyl groups is 1. The van der Waals surface area contributed by atoms with Gasteiger partial charge in [0.25, 0.3) is 0 Å². The number of hydrogen-bond acceptors (Lipinski definition) is 5. The summed E-state index contributed by atoms with van der Waals surface area (Å²) in [6.07, 6.45) is 0. The Morgan fingerprint density at radius 2 is 1.89 bits per heavy atom. The minimum Gasteiger partial charge on any atom is -0.508 e. The number of nitrogens with zero attached hydrogens (tertiary/aromatic N) is 2. The fourth-order valence-corrected chi connectivity index (χ4v) is 1.58. The van der Waals surface area contributed by atoms with E-state index in [1.807, 2.05) is 12.1 Å². The predicted octanol–water partition coefficient (Wildman–Crippen LogP) is 3.31. The number of aliphatic hydroxyl groups excluding tert-OH is 1. The molecule has 0 amide bonds. The lowest BCUT2D eigenvalue weighted by atomic mass is 10.2. The van der Waals surface area contributed by atoms with Gasteiger partial charge < -0.3 is 14.9 Å². The number of phenols is 1. The molecule has 0 aliphatic rings. The summed E-state index contributed by atoms with van der Waals surface area (Å²) in [7, 11) is 1.57. The summed E-state index contributed by atoms with van der Waals surface area (Å²) in [4.78, 5) is 0. The van der Waals surface area contributed by atoms with E-state index in [1.54, 1.807) is 31.4 Å². The van der Waals surface area contributed by atoms with Gasteiger partial charge in [-0.15, -0.1) is 5.11 Å². The summed E-state index contributed by atoms with van der Waals surface area (Å²) in [5, 5.41) is 26.7. The van der Waals surface area contributed by atoms with Gasteiger partial charge in [0, 0.05) is 5.56 Å². The molecule has 0 aliphatic carbocycles. The number of methoxy groups -OCH3 is 1. The van der Waals surface area contributed by atoms with Crippen LogP contribution in [0.4, 0.5) is 11.4 Å². The van der Waals surface area contributed by atoms with Crippen LogP contribution in [0.25, 0.3) is 0 Å². The maximum atomic E-state index is 9.45. The molecule has 2 N–H and O–H groups in total. The van der Waals surface area contributed by atoms with E-state index in [1.165, 1.54) is 6.07 Å². The Balaban J connectivity index is 2.27. The minimum absolute atomic E-state index is 0.0405. The highest BCUT2D eigenvalue weighted by molar-refractivity contribution is 5.52. The van der Waals surface area contributed by atoms with Gasteiger partial charge in [-0.1, -0.05) is 12.1 Å². The van der Waals surface area contributed by atoms with Crippen molar-refractivity contribution in [3.8, 4) is 11.5 Å². The largest absolute Gasteiger partial charge is 0.508 e. The van der Waals surface area contributed by atoms with Gasteiger partial charge >= 0.3 is 0 Å². The van der Waals surface area contributed by atoms with Gasteiger partial charge in [0.1, 0.15) is 17.2 Å². The van der Waals surface area contributed by atoms with Crippen LogP contribution >= 0.6 is 0 Å². The Labute approximate surface area is 110 Å². The highest BCUT2D eigenvalue weighted by Gasteiger charge is 2.02. The Morgan fingerprint density at radius 3 is 2.63 bits per heavy atom. The number of aliphatic hydroxyl groups is 1. The molecule has 0 atom stereocenters. The zero-order chi connectivity index (χ0) is 13.7. The molecule has 2 aromatic carbocycles. The van der Waals surface area contributed by atoms with E-state index >= 15 is 0 Å². The second kappa shape index (κ2) is 5.97. The first-order valence-electron chi connectivity index (χ1n) is 5.72. The molecule has 0 radical (unpaired) electrons. The molecule has 98 valence electrons. The number of hydrogen-bond donors (Lipinski definition) is 2. The first-order valence-corrected chi connectivity index (χ1v) is 5.72. The Kier molecular flexibility index (Phi) is 4.10. The normalized spacial score (nSPS) is 10.8. The van der Waals surface area contributed by atoms with Crippen LogP contribution in [0.1, 0.15) is 5.56 Å². The average Bonchev–Trinajstić information content (AvgIpc) is 2.46. The molecule has 2 aromatic rings. The van der Waals surface area contributed by atoms with Crippen LogP contribution < -0.4 is 4.74 Å². The number of para-hydroxylation sites is 1. The van der Waals surface area contributed by atoms with Gasteiger partial charge in [-0.05, 0) is 30.3 Å². The molecular formula is C14H14N2O3. The van der Waals surface area contributed by atoms with Crippen LogP contribution in [0, 0.1) is 0 Å². The van der Waals surface area contributed by atoms with Crippen molar-refractivity contribution in [1.29, 1.82) is 0 Å². The van der Waals surface area contributed by atoms with Crippen molar-refractivity contribution in [2.24, 2.45) is 10.2 Å². The Hall–Kier alpha value is -2.40. The molecule has 0 heterocycles. The summed E-state index contributed by atoms with van der Waals surface area (Å²) < 4.78 is 5.16. The molecule has 0 saturated heterocycles. The van der Waals surface area contributed by atoms with Crippen molar-refractivity contribution in [3.05, 3.63) is 48.0 Å². The number of azo groups is 1. The van der Waals surface area contributed by atoms with Crippen molar-refractivity contribution in [2.75, 3.05) is 7.11 Å². The lowest BCUT2D eigenvalue weighted by Crippen LogP contribution is -1.83. The van der Waals surface area contributed by atoms with E-state index in [9.17, 15) is 5.11 Å². The molecule has 5 nitrogen and oxygen atoms in total. The monoisotopic (exact) mass is 258 g/mol. The van der Waals surface area contributed by atoms with Gasteiger partial charge in [0.05, 0.1) is 19.4 Å². The molecule has 0 aromatic heterocycles. The number of rotatable bonds is 4. The first kappa shape index (κ1) is 13.0. The second-order valence-corrected chi connectivity index (χ2v) is 3.84. The summed E-state index contributed by atoms with van der Waals surface area (Å²) in [6, 6.07) is 11.9. The van der Waals surface area contributed by atoms with Crippen molar-refractivity contribution >= 4 is 11.4 Å². The third kappa shape index (κ3) is 3.08. The third-order valence-electron chi connectivity index (χ3n) is 2.59. The van der Waals surface area contributed by atoms with E-state index in [0.717, 1.165) is 0 Å². The summed E-state index contributed by atoms with van der Waals surface area (Å²) in [6.45, 7) is -0.246. The predicted molar refractivity (Wildman–Crippen MR) is 71.2 cm³/mol. The lowest BCUT2D eigenvalue weighted by Gasteiger charge is -2.03. The van der Waals surface area contributed by atoms with E-state index in [0.29, 0.717) is 22.7 Å². The van der Waals surface area contributed by atoms with Gasteiger partial charge in [-0.3, -0.25) is 0 Å². The zero-order valence-corrected chi connectivity index (χ0v) is 10.4. The highest BCUT2D eigenvalue weighted by atomic mass is 16.5. The van der Waals surface area contributed by atoms with E-state index in [-0.39, 0.29) is 12.4 Å². The topological polar surface area (TPSA) is 74.4 Å². The van der Waals surface area contributed by atoms with Crippen LogP contribution in [-0.4, -0.2) is 17.3 Å². The molecule has 0 saturated carbocycles. The zero-order valence-electron chi connectivity index (χ0n) is 10.4. The molecule has 0 aliphatic heterocycles. The molecule has 0 fully saturated rings.